The van der Waals surface area contributed by atoms with Crippen molar-refractivity contribution in [2.45, 2.75) is 6.18 Å². The van der Waals surface area contributed by atoms with Crippen LogP contribution in [0.4, 0.5) is 18.9 Å². The molecule has 1 heterocycles. The summed E-state index contributed by atoms with van der Waals surface area (Å²) in [6.45, 7) is 0. The lowest BCUT2D eigenvalue weighted by atomic mass is 10.1. The van der Waals surface area contributed by atoms with Gasteiger partial charge in [0.05, 0.1) is 17.0 Å². The molecule has 5 rings (SSSR count). The Hall–Kier alpha value is -5.33. The molecule has 0 N–H and O–H groups in total. The summed E-state index contributed by atoms with van der Waals surface area (Å²) in [6, 6.07) is 31.8. The molecule has 0 unspecified atom stereocenters. The van der Waals surface area contributed by atoms with Crippen LogP contribution in [0.3, 0.4) is 0 Å². The van der Waals surface area contributed by atoms with Crippen molar-refractivity contribution in [3.63, 3.8) is 0 Å². The fraction of sp³-hybridized carbons (Fsp3) is 0.0857. The molecule has 0 amide bonds. The van der Waals surface area contributed by atoms with E-state index in [1.54, 1.807) is 6.07 Å². The summed E-state index contributed by atoms with van der Waals surface area (Å²) in [5.74, 6) is 12.7. The number of alkyl halides is 3. The number of hydrogen-bond acceptors (Lipinski definition) is 3. The molecule has 0 radical (unpaired) electrons. The van der Waals surface area contributed by atoms with Gasteiger partial charge >= 0.3 is 6.18 Å². The Balaban J connectivity index is 1.47. The highest BCUT2D eigenvalue weighted by atomic mass is 19.4. The molecule has 5 aromatic rings. The average molecular weight is 544 g/mol. The first kappa shape index (κ1) is 27.2. The largest absolute Gasteiger partial charge is 0.416 e. The molecule has 0 spiro atoms. The molecule has 0 aliphatic carbocycles. The summed E-state index contributed by atoms with van der Waals surface area (Å²) >= 11 is 0. The van der Waals surface area contributed by atoms with Crippen molar-refractivity contribution < 1.29 is 13.2 Å². The first-order valence-electron chi connectivity index (χ1n) is 12.8. The van der Waals surface area contributed by atoms with E-state index in [0.29, 0.717) is 17.0 Å². The number of nitrogens with zero attached hydrogens (tertiary/aromatic N) is 3. The van der Waals surface area contributed by atoms with E-state index in [0.717, 1.165) is 40.1 Å². The normalized spacial score (nSPS) is 10.7. The Morgan fingerprint density at radius 2 is 1.02 bits per heavy atom. The van der Waals surface area contributed by atoms with Crippen molar-refractivity contribution >= 4 is 5.69 Å². The lowest BCUT2D eigenvalue weighted by Crippen LogP contribution is -2.08. The minimum atomic E-state index is -4.41. The standard InChI is InChI=1S/C35H24F3N3/c1-41(2)31-21-17-29(18-22-31)33-24-32(28-15-19-30(20-16-28)35(36,37)38)39-34(40-33)23-14-27-12-10-26(11-13-27)9-8-25-6-4-3-5-7-25/h3-7,10-13,15-22,24H,1-2H3. The molecule has 0 saturated carbocycles. The second-order valence-electron chi connectivity index (χ2n) is 9.42. The minimum absolute atomic E-state index is 0.266. The molecule has 3 nitrogen and oxygen atoms in total. The monoisotopic (exact) mass is 543 g/mol. The van der Waals surface area contributed by atoms with Gasteiger partial charge in [-0.1, -0.05) is 60.2 Å². The van der Waals surface area contributed by atoms with Gasteiger partial charge in [-0.05, 0) is 72.7 Å². The van der Waals surface area contributed by atoms with Crippen LogP contribution in [0.25, 0.3) is 22.5 Å². The highest BCUT2D eigenvalue weighted by Gasteiger charge is 2.30. The quantitative estimate of drug-likeness (QED) is 0.219. The predicted octanol–water partition coefficient (Wildman–Crippen LogP) is 7.70. The van der Waals surface area contributed by atoms with E-state index in [4.69, 9.17) is 0 Å². The zero-order valence-corrected chi connectivity index (χ0v) is 22.4. The lowest BCUT2D eigenvalue weighted by Gasteiger charge is -2.13. The Morgan fingerprint density at radius 1 is 0.561 bits per heavy atom. The first-order valence-corrected chi connectivity index (χ1v) is 12.8. The van der Waals surface area contributed by atoms with Crippen LogP contribution in [0.2, 0.25) is 0 Å². The average Bonchev–Trinajstić information content (AvgIpc) is 2.99. The predicted molar refractivity (Wildman–Crippen MR) is 157 cm³/mol. The fourth-order valence-corrected chi connectivity index (χ4v) is 3.99. The summed E-state index contributed by atoms with van der Waals surface area (Å²) in [7, 11) is 3.91. The van der Waals surface area contributed by atoms with Crippen LogP contribution in [-0.2, 0) is 6.18 Å². The van der Waals surface area contributed by atoms with E-state index in [2.05, 4.69) is 33.6 Å². The highest BCUT2D eigenvalue weighted by Crippen LogP contribution is 2.31. The van der Waals surface area contributed by atoms with Gasteiger partial charge in [-0.2, -0.15) is 13.2 Å². The number of hydrogen-bond donors (Lipinski definition) is 0. The molecule has 0 bridgehead atoms. The van der Waals surface area contributed by atoms with Gasteiger partial charge in [0.2, 0.25) is 5.82 Å². The van der Waals surface area contributed by atoms with Gasteiger partial charge in [-0.15, -0.1) is 0 Å². The number of aromatic nitrogens is 2. The van der Waals surface area contributed by atoms with Gasteiger partial charge in [-0.25, -0.2) is 9.97 Å². The second-order valence-corrected chi connectivity index (χ2v) is 9.42. The van der Waals surface area contributed by atoms with Crippen LogP contribution in [0.15, 0.2) is 109 Å². The molecule has 41 heavy (non-hydrogen) atoms. The second kappa shape index (κ2) is 11.8. The molecule has 6 heteroatoms. The highest BCUT2D eigenvalue weighted by molar-refractivity contribution is 5.70. The van der Waals surface area contributed by atoms with Crippen molar-refractivity contribution in [1.82, 2.24) is 9.97 Å². The third-order valence-corrected chi connectivity index (χ3v) is 6.24. The molecule has 0 aliphatic heterocycles. The molecular formula is C35H24F3N3. The van der Waals surface area contributed by atoms with E-state index < -0.39 is 11.7 Å². The van der Waals surface area contributed by atoms with Crippen LogP contribution in [-0.4, -0.2) is 24.1 Å². The maximum atomic E-state index is 13.1. The smallest absolute Gasteiger partial charge is 0.378 e. The molecule has 0 aliphatic rings. The maximum absolute atomic E-state index is 13.1. The Bertz CT molecular complexity index is 1770. The first-order chi connectivity index (χ1) is 19.7. The third-order valence-electron chi connectivity index (χ3n) is 6.24. The van der Waals surface area contributed by atoms with Crippen molar-refractivity contribution in [2.75, 3.05) is 19.0 Å². The van der Waals surface area contributed by atoms with Crippen LogP contribution in [0, 0.1) is 23.7 Å². The number of benzene rings is 4. The molecule has 0 atom stereocenters. The van der Waals surface area contributed by atoms with Gasteiger partial charge in [0.15, 0.2) is 0 Å². The number of rotatable bonds is 3. The van der Waals surface area contributed by atoms with Crippen molar-refractivity contribution in [1.29, 1.82) is 0 Å². The van der Waals surface area contributed by atoms with Crippen LogP contribution < -0.4 is 4.90 Å². The third kappa shape index (κ3) is 7.01. The zero-order chi connectivity index (χ0) is 28.8. The molecule has 0 saturated heterocycles. The van der Waals surface area contributed by atoms with Gasteiger partial charge in [0.25, 0.3) is 0 Å². The number of anilines is 1. The zero-order valence-electron chi connectivity index (χ0n) is 22.4. The van der Waals surface area contributed by atoms with Gasteiger partial charge in [0, 0.05) is 47.6 Å². The number of halogens is 3. The Morgan fingerprint density at radius 3 is 1.51 bits per heavy atom. The fourth-order valence-electron chi connectivity index (χ4n) is 3.99. The summed E-state index contributed by atoms with van der Waals surface area (Å²) < 4.78 is 39.3. The van der Waals surface area contributed by atoms with Crippen LogP contribution in [0.1, 0.15) is 28.1 Å². The van der Waals surface area contributed by atoms with E-state index in [9.17, 15) is 13.2 Å². The lowest BCUT2D eigenvalue weighted by molar-refractivity contribution is -0.137. The minimum Gasteiger partial charge on any atom is -0.378 e. The summed E-state index contributed by atoms with van der Waals surface area (Å²) in [4.78, 5) is 11.2. The Kier molecular flexibility index (Phi) is 7.85. The summed E-state index contributed by atoms with van der Waals surface area (Å²) in [5, 5.41) is 0. The van der Waals surface area contributed by atoms with E-state index in [-0.39, 0.29) is 5.82 Å². The SMILES string of the molecule is CN(C)c1ccc(-c2cc(-c3ccc(C(F)(F)F)cc3)nc(C#Cc3ccc(C#Cc4ccccc4)cc3)n2)cc1. The summed E-state index contributed by atoms with van der Waals surface area (Å²) in [5.41, 5.74) is 5.36. The van der Waals surface area contributed by atoms with E-state index in [1.165, 1.54) is 12.1 Å². The van der Waals surface area contributed by atoms with Crippen LogP contribution in [0.5, 0.6) is 0 Å². The van der Waals surface area contributed by atoms with Gasteiger partial charge < -0.3 is 4.90 Å². The van der Waals surface area contributed by atoms with Gasteiger partial charge in [-0.3, -0.25) is 0 Å². The summed E-state index contributed by atoms with van der Waals surface area (Å²) in [6.07, 6.45) is -4.41. The van der Waals surface area contributed by atoms with Gasteiger partial charge in [0.1, 0.15) is 0 Å². The maximum Gasteiger partial charge on any atom is 0.416 e. The van der Waals surface area contributed by atoms with Crippen LogP contribution >= 0.6 is 0 Å². The molecule has 0 fully saturated rings. The van der Waals surface area contributed by atoms with Crippen molar-refractivity contribution in [3.8, 4) is 46.2 Å². The van der Waals surface area contributed by atoms with Crippen molar-refractivity contribution in [3.05, 3.63) is 137 Å². The van der Waals surface area contributed by atoms with Crippen molar-refractivity contribution in [2.24, 2.45) is 0 Å². The molecular weight excluding hydrogens is 519 g/mol. The topological polar surface area (TPSA) is 29.0 Å². The molecule has 200 valence electrons. The van der Waals surface area contributed by atoms with E-state index in [1.807, 2.05) is 97.9 Å². The molecule has 4 aromatic carbocycles. The molecule has 1 aromatic heterocycles. The Labute approximate surface area is 237 Å². The van der Waals surface area contributed by atoms with E-state index >= 15 is 0 Å².